The third-order valence-corrected chi connectivity index (χ3v) is 5.65. The lowest BCUT2D eigenvalue weighted by Gasteiger charge is -2.26. The van der Waals surface area contributed by atoms with Gasteiger partial charge in [0.25, 0.3) is 0 Å². The summed E-state index contributed by atoms with van der Waals surface area (Å²) in [6, 6.07) is 7.99. The zero-order valence-electron chi connectivity index (χ0n) is 16.7. The van der Waals surface area contributed by atoms with Crippen LogP contribution in [0.25, 0.3) is 11.3 Å². The highest BCUT2D eigenvalue weighted by molar-refractivity contribution is 6.33. The fraction of sp³-hybridized carbons (Fsp3) is 0.286. The van der Waals surface area contributed by atoms with Crippen LogP contribution in [0.5, 0.6) is 0 Å². The van der Waals surface area contributed by atoms with Crippen LogP contribution < -0.4 is 5.32 Å². The average molecular weight is 462 g/mol. The molecule has 0 bridgehead atoms. The number of benzene rings is 1. The number of halogens is 2. The monoisotopic (exact) mass is 461 g/mol. The van der Waals surface area contributed by atoms with Crippen LogP contribution in [0.2, 0.25) is 10.0 Å². The van der Waals surface area contributed by atoms with Crippen molar-refractivity contribution >= 4 is 35.2 Å². The van der Waals surface area contributed by atoms with Gasteiger partial charge in [-0.3, -0.25) is 4.57 Å². The van der Waals surface area contributed by atoms with E-state index in [4.69, 9.17) is 23.2 Å². The summed E-state index contributed by atoms with van der Waals surface area (Å²) in [5, 5.41) is 23.1. The van der Waals surface area contributed by atoms with E-state index in [1.165, 1.54) is 10.8 Å². The van der Waals surface area contributed by atoms with Gasteiger partial charge in [-0.15, -0.1) is 0 Å². The van der Waals surface area contributed by atoms with Crippen molar-refractivity contribution in [2.45, 2.75) is 25.6 Å². The van der Waals surface area contributed by atoms with Crippen LogP contribution in [0.4, 0.5) is 10.7 Å². The molecule has 31 heavy (non-hydrogen) atoms. The van der Waals surface area contributed by atoms with E-state index in [2.05, 4.69) is 15.3 Å². The van der Waals surface area contributed by atoms with Crippen LogP contribution in [0, 0.1) is 0 Å². The Hall–Kier alpha value is -2.65. The fourth-order valence-electron chi connectivity index (χ4n) is 3.56. The van der Waals surface area contributed by atoms with Gasteiger partial charge in [0.1, 0.15) is 0 Å². The number of nitrogens with zero attached hydrogens (tertiary/aromatic N) is 4. The van der Waals surface area contributed by atoms with E-state index < -0.39 is 6.04 Å². The number of amides is 1. The van der Waals surface area contributed by atoms with Crippen LogP contribution in [-0.2, 0) is 6.54 Å². The highest BCUT2D eigenvalue weighted by atomic mass is 35.5. The topological polar surface area (TPSA) is 104 Å². The summed E-state index contributed by atoms with van der Waals surface area (Å²) in [4.78, 5) is 23.2. The Bertz CT molecular complexity index is 1120. The standard InChI is InChI=1S/C21H21Cl2N5O3/c1-12(10-29)25-20-24-7-17(23)19(26-20)14-6-16-9-28(21(31)27(16)8-14)18(11-30)13-3-2-4-15(22)5-13/h2-8,12,18,29-30H,9-11H2,1H3,(H,24,25,26). The summed E-state index contributed by atoms with van der Waals surface area (Å²) >= 11 is 12.4. The first-order valence-electron chi connectivity index (χ1n) is 9.70. The zero-order valence-corrected chi connectivity index (χ0v) is 18.2. The van der Waals surface area contributed by atoms with Crippen molar-refractivity contribution in [2.24, 2.45) is 0 Å². The van der Waals surface area contributed by atoms with Gasteiger partial charge >= 0.3 is 6.03 Å². The first-order chi connectivity index (χ1) is 14.9. The van der Waals surface area contributed by atoms with Crippen LogP contribution in [-0.4, -0.2) is 54.9 Å². The zero-order chi connectivity index (χ0) is 22.1. The van der Waals surface area contributed by atoms with Crippen LogP contribution in [0.15, 0.2) is 42.7 Å². The molecule has 1 aromatic carbocycles. The van der Waals surface area contributed by atoms with Crippen molar-refractivity contribution in [3.05, 3.63) is 64.0 Å². The minimum absolute atomic E-state index is 0.0647. The lowest BCUT2D eigenvalue weighted by Crippen LogP contribution is -2.32. The molecule has 3 aromatic rings. The van der Waals surface area contributed by atoms with E-state index in [1.807, 2.05) is 12.1 Å². The third-order valence-electron chi connectivity index (χ3n) is 5.13. The first kappa shape index (κ1) is 21.6. The molecule has 4 rings (SSSR count). The molecule has 10 heteroatoms. The molecule has 8 nitrogen and oxygen atoms in total. The van der Waals surface area contributed by atoms with Gasteiger partial charge in [-0.05, 0) is 30.7 Å². The molecule has 2 unspecified atom stereocenters. The Morgan fingerprint density at radius 3 is 2.71 bits per heavy atom. The molecule has 0 spiro atoms. The molecule has 0 saturated carbocycles. The number of hydrogen-bond acceptors (Lipinski definition) is 6. The molecule has 1 aliphatic rings. The number of aliphatic hydroxyl groups is 2. The van der Waals surface area contributed by atoms with E-state index in [0.717, 1.165) is 11.3 Å². The van der Waals surface area contributed by atoms with Crippen molar-refractivity contribution in [2.75, 3.05) is 18.5 Å². The molecule has 2 aromatic heterocycles. The molecular formula is C21H21Cl2N5O3. The van der Waals surface area contributed by atoms with Gasteiger partial charge in [0, 0.05) is 28.5 Å². The van der Waals surface area contributed by atoms with E-state index in [-0.39, 0.29) is 25.3 Å². The maximum absolute atomic E-state index is 13.1. The minimum atomic E-state index is -0.507. The maximum Gasteiger partial charge on any atom is 0.329 e. The molecule has 3 heterocycles. The van der Waals surface area contributed by atoms with Crippen molar-refractivity contribution < 1.29 is 15.0 Å². The first-order valence-corrected chi connectivity index (χ1v) is 10.5. The molecule has 0 saturated heterocycles. The lowest BCUT2D eigenvalue weighted by atomic mass is 10.1. The molecule has 2 atom stereocenters. The summed E-state index contributed by atoms with van der Waals surface area (Å²) in [5.41, 5.74) is 2.69. The van der Waals surface area contributed by atoms with Crippen LogP contribution in [0.3, 0.4) is 0 Å². The van der Waals surface area contributed by atoms with E-state index in [0.29, 0.717) is 33.8 Å². The smallest absolute Gasteiger partial charge is 0.329 e. The SMILES string of the molecule is CC(CO)Nc1ncc(Cl)c(-c2cc3n(c2)C(=O)N(C(CO)c2cccc(Cl)c2)C3)n1. The number of carbonyl (C=O) groups is 1. The van der Waals surface area contributed by atoms with E-state index in [1.54, 1.807) is 36.2 Å². The second kappa shape index (κ2) is 8.84. The van der Waals surface area contributed by atoms with Gasteiger partial charge in [-0.25, -0.2) is 14.8 Å². The fourth-order valence-corrected chi connectivity index (χ4v) is 3.96. The van der Waals surface area contributed by atoms with Crippen molar-refractivity contribution in [1.82, 2.24) is 19.4 Å². The predicted octanol–water partition coefficient (Wildman–Crippen LogP) is 3.56. The highest BCUT2D eigenvalue weighted by Gasteiger charge is 2.34. The maximum atomic E-state index is 13.1. The quantitative estimate of drug-likeness (QED) is 0.496. The number of nitrogens with one attached hydrogen (secondary N) is 1. The number of rotatable bonds is 7. The molecule has 0 fully saturated rings. The summed E-state index contributed by atoms with van der Waals surface area (Å²) in [6.07, 6.45) is 3.16. The van der Waals surface area contributed by atoms with Crippen molar-refractivity contribution in [3.8, 4) is 11.3 Å². The van der Waals surface area contributed by atoms with Gasteiger partial charge in [0.05, 0.1) is 42.7 Å². The van der Waals surface area contributed by atoms with Gasteiger partial charge in [0.2, 0.25) is 5.95 Å². The Morgan fingerprint density at radius 1 is 1.23 bits per heavy atom. The largest absolute Gasteiger partial charge is 0.394 e. The number of anilines is 1. The molecular weight excluding hydrogens is 441 g/mol. The lowest BCUT2D eigenvalue weighted by molar-refractivity contribution is 0.141. The Morgan fingerprint density at radius 2 is 2.03 bits per heavy atom. The highest BCUT2D eigenvalue weighted by Crippen LogP contribution is 2.34. The van der Waals surface area contributed by atoms with Gasteiger partial charge in [-0.1, -0.05) is 35.3 Å². The van der Waals surface area contributed by atoms with Gasteiger partial charge < -0.3 is 20.4 Å². The molecule has 1 aliphatic heterocycles. The molecule has 3 N–H and O–H groups in total. The Labute approximate surface area is 189 Å². The predicted molar refractivity (Wildman–Crippen MR) is 118 cm³/mol. The van der Waals surface area contributed by atoms with Crippen molar-refractivity contribution in [3.63, 3.8) is 0 Å². The molecule has 1 amide bonds. The summed E-state index contributed by atoms with van der Waals surface area (Å²) in [6.45, 7) is 1.84. The summed E-state index contributed by atoms with van der Waals surface area (Å²) in [7, 11) is 0. The number of carbonyl (C=O) groups excluding carboxylic acids is 1. The second-order valence-electron chi connectivity index (χ2n) is 7.37. The number of hydrogen-bond donors (Lipinski definition) is 3. The Kier molecular flexibility index (Phi) is 6.15. The van der Waals surface area contributed by atoms with E-state index in [9.17, 15) is 15.0 Å². The normalized spacial score (nSPS) is 15.1. The van der Waals surface area contributed by atoms with Crippen LogP contribution >= 0.6 is 23.2 Å². The van der Waals surface area contributed by atoms with Crippen molar-refractivity contribution in [1.29, 1.82) is 0 Å². The Balaban J connectivity index is 1.61. The second-order valence-corrected chi connectivity index (χ2v) is 8.22. The number of aromatic nitrogens is 3. The molecule has 0 aliphatic carbocycles. The van der Waals surface area contributed by atoms with Gasteiger partial charge in [0.15, 0.2) is 0 Å². The molecule has 0 radical (unpaired) electrons. The minimum Gasteiger partial charge on any atom is -0.394 e. The molecule has 162 valence electrons. The summed E-state index contributed by atoms with van der Waals surface area (Å²) < 4.78 is 1.53. The van der Waals surface area contributed by atoms with E-state index >= 15 is 0 Å². The average Bonchev–Trinajstić information content (AvgIpc) is 3.30. The number of aliphatic hydroxyl groups excluding tert-OH is 2. The van der Waals surface area contributed by atoms with Crippen LogP contribution in [0.1, 0.15) is 24.2 Å². The summed E-state index contributed by atoms with van der Waals surface area (Å²) in [5.74, 6) is 0.335. The van der Waals surface area contributed by atoms with Gasteiger partial charge in [-0.2, -0.15) is 0 Å². The third kappa shape index (κ3) is 4.24. The number of fused-ring (bicyclic) bond motifs is 1.